The Morgan fingerprint density at radius 3 is 2.27 bits per heavy atom. The van der Waals surface area contributed by atoms with E-state index >= 15 is 0 Å². The number of hydrogen-bond donors (Lipinski definition) is 3. The molecule has 4 aliphatic rings. The van der Waals surface area contributed by atoms with Crippen LogP contribution < -0.4 is 0 Å². The maximum atomic E-state index is 12.6. The predicted molar refractivity (Wildman–Crippen MR) is 183 cm³/mol. The van der Waals surface area contributed by atoms with Crippen molar-refractivity contribution in [2.45, 2.75) is 149 Å². The van der Waals surface area contributed by atoms with Crippen molar-refractivity contribution < 1.29 is 43.9 Å². The van der Waals surface area contributed by atoms with Crippen LogP contribution in [0.2, 0.25) is 0 Å². The zero-order valence-electron chi connectivity index (χ0n) is 31.0. The Bertz CT molecular complexity index is 1210. The molecule has 3 N–H and O–H groups in total. The minimum atomic E-state index is -1.25. The second-order valence-corrected chi connectivity index (χ2v) is 16.9. The molecular weight excluding hydrogens is 612 g/mol. The van der Waals surface area contributed by atoms with Gasteiger partial charge in [0.05, 0.1) is 25.4 Å². The summed E-state index contributed by atoms with van der Waals surface area (Å²) in [5, 5.41) is 33.3. The lowest BCUT2D eigenvalue weighted by molar-refractivity contribution is -0.271. The van der Waals surface area contributed by atoms with E-state index in [1.54, 1.807) is 0 Å². The average molecular weight is 677 g/mol. The van der Waals surface area contributed by atoms with Crippen LogP contribution in [0, 0.1) is 45.8 Å². The Balaban J connectivity index is 1.81. The first-order valence-electron chi connectivity index (χ1n) is 18.2. The van der Waals surface area contributed by atoms with Crippen molar-refractivity contribution in [3.05, 3.63) is 24.3 Å². The fourth-order valence-electron chi connectivity index (χ4n) is 10.9. The van der Waals surface area contributed by atoms with E-state index < -0.39 is 48.9 Å². The summed E-state index contributed by atoms with van der Waals surface area (Å²) >= 11 is 0. The summed E-state index contributed by atoms with van der Waals surface area (Å²) in [6, 6.07) is 0. The number of rotatable bonds is 13. The summed E-state index contributed by atoms with van der Waals surface area (Å²) in [5.74, 6) is -0.320. The Morgan fingerprint density at radius 2 is 1.71 bits per heavy atom. The Kier molecular flexibility index (Phi) is 11.7. The maximum Gasteiger partial charge on any atom is 0.305 e. The van der Waals surface area contributed by atoms with Crippen molar-refractivity contribution in [3.63, 3.8) is 0 Å². The van der Waals surface area contributed by atoms with Gasteiger partial charge in [-0.05, 0) is 111 Å². The maximum absolute atomic E-state index is 12.6. The van der Waals surface area contributed by atoms with Crippen LogP contribution in [0.4, 0.5) is 0 Å². The first-order chi connectivity index (χ1) is 22.3. The average Bonchev–Trinajstić information content (AvgIpc) is 3.53. The zero-order valence-corrected chi connectivity index (χ0v) is 31.0. The zero-order chi connectivity index (χ0) is 36.0. The van der Waals surface area contributed by atoms with Crippen molar-refractivity contribution in [1.29, 1.82) is 0 Å². The van der Waals surface area contributed by atoms with Crippen molar-refractivity contribution in [1.82, 2.24) is 0 Å². The molecule has 1 saturated heterocycles. The Morgan fingerprint density at radius 1 is 1.06 bits per heavy atom. The number of methoxy groups -OCH3 is 1. The fourth-order valence-corrected chi connectivity index (χ4v) is 10.9. The van der Waals surface area contributed by atoms with Crippen LogP contribution >= 0.6 is 0 Å². The third-order valence-electron chi connectivity index (χ3n) is 14.0. The molecule has 9 nitrogen and oxygen atoms in total. The quantitative estimate of drug-likeness (QED) is 0.156. The topological polar surface area (TPSA) is 132 Å². The summed E-state index contributed by atoms with van der Waals surface area (Å²) in [4.78, 5) is 24.7. The highest BCUT2D eigenvalue weighted by Crippen LogP contribution is 2.74. The third kappa shape index (κ3) is 6.92. The van der Waals surface area contributed by atoms with Gasteiger partial charge >= 0.3 is 11.9 Å². The lowest BCUT2D eigenvalue weighted by atomic mass is 9.37. The van der Waals surface area contributed by atoms with Crippen LogP contribution in [0.5, 0.6) is 0 Å². The molecular formula is C39H64O9. The number of hydrogen-bond acceptors (Lipinski definition) is 9. The molecule has 3 saturated carbocycles. The second-order valence-electron chi connectivity index (χ2n) is 16.9. The molecule has 0 unspecified atom stereocenters. The van der Waals surface area contributed by atoms with Crippen LogP contribution in [0.3, 0.4) is 0 Å². The number of fused-ring (bicyclic) bond motifs is 3. The second kappa shape index (κ2) is 14.5. The molecule has 4 fully saturated rings. The predicted octanol–water partition coefficient (Wildman–Crippen LogP) is 6.13. The van der Waals surface area contributed by atoms with E-state index in [0.29, 0.717) is 31.6 Å². The Hall–Kier alpha value is -1.78. The summed E-state index contributed by atoms with van der Waals surface area (Å²) in [6.45, 7) is 24.9. The summed E-state index contributed by atoms with van der Waals surface area (Å²) < 4.78 is 23.7. The normalized spacial score (nSPS) is 42.1. The van der Waals surface area contributed by atoms with Gasteiger partial charge in [0, 0.05) is 13.3 Å². The molecule has 0 aromatic carbocycles. The number of carbonyl (C=O) groups excluding carboxylic acids is 2. The summed E-state index contributed by atoms with van der Waals surface area (Å²) in [7, 11) is 1.43. The number of allylic oxidation sites excluding steroid dienone is 2. The standard InChI is InChI=1S/C39H64O9/c1-22(2)24(5)12-19-39(10,44)27-14-18-38(9)32(27)28(47-35-34(46-25(6)41)33(43)29(21-40)48-35)20-30-36(7,16-15-31(42)45-11)26(23(3)4)13-17-37(30,38)8/h22,26-30,32-35,40,43-44H,3,5,12-21H2,1-2,4,6-11H3/t26-,27-,28+,29-,30+,32-,33-,34+,35+,36-,37+,38+,39-/m0/s1. The van der Waals surface area contributed by atoms with Crippen LogP contribution in [0.15, 0.2) is 24.3 Å². The highest BCUT2D eigenvalue weighted by Gasteiger charge is 2.70. The number of carbonyl (C=O) groups is 2. The SMILES string of the molecule is C=C(CC[C@](C)(O)[C@H]1CC[C@]2(C)[C@@H]1[C@H](O[C@@H]1O[C@@H](CO)[C@H](O)[C@H]1OC(C)=O)C[C@@H]1[C@@](C)(CCC(=O)OC)[C@H](C(=C)C)CC[C@]12C)C(C)C. The van der Waals surface area contributed by atoms with Crippen LogP contribution in [0.1, 0.15) is 113 Å². The lowest BCUT2D eigenvalue weighted by Gasteiger charge is -2.68. The van der Waals surface area contributed by atoms with Crippen molar-refractivity contribution in [3.8, 4) is 0 Å². The highest BCUT2D eigenvalue weighted by molar-refractivity contribution is 5.69. The van der Waals surface area contributed by atoms with E-state index in [4.69, 9.17) is 18.9 Å². The van der Waals surface area contributed by atoms with Gasteiger partial charge in [-0.3, -0.25) is 9.59 Å². The molecule has 48 heavy (non-hydrogen) atoms. The van der Waals surface area contributed by atoms with Gasteiger partial charge in [0.1, 0.15) is 12.2 Å². The van der Waals surface area contributed by atoms with E-state index in [2.05, 4.69) is 54.7 Å². The number of aliphatic hydroxyl groups excluding tert-OH is 2. The largest absolute Gasteiger partial charge is 0.469 e. The third-order valence-corrected chi connectivity index (χ3v) is 14.0. The number of ether oxygens (including phenoxy) is 4. The van der Waals surface area contributed by atoms with E-state index in [9.17, 15) is 24.9 Å². The molecule has 0 bridgehead atoms. The molecule has 13 atom stereocenters. The van der Waals surface area contributed by atoms with Gasteiger partial charge in [0.25, 0.3) is 0 Å². The molecule has 1 heterocycles. The fraction of sp³-hybridized carbons (Fsp3) is 0.846. The first-order valence-corrected chi connectivity index (χ1v) is 18.2. The molecule has 0 aromatic heterocycles. The van der Waals surface area contributed by atoms with Gasteiger partial charge in [-0.25, -0.2) is 0 Å². The van der Waals surface area contributed by atoms with E-state index in [1.165, 1.54) is 14.0 Å². The van der Waals surface area contributed by atoms with Gasteiger partial charge in [-0.15, -0.1) is 0 Å². The molecule has 0 aromatic rings. The molecule has 1 aliphatic heterocycles. The summed E-state index contributed by atoms with van der Waals surface area (Å²) in [6.07, 6.45) is 1.76. The number of esters is 2. The minimum Gasteiger partial charge on any atom is -0.469 e. The molecule has 274 valence electrons. The summed E-state index contributed by atoms with van der Waals surface area (Å²) in [5.41, 5.74) is 0.548. The smallest absolute Gasteiger partial charge is 0.305 e. The molecule has 0 spiro atoms. The van der Waals surface area contributed by atoms with Crippen LogP contribution in [-0.2, 0) is 28.5 Å². The molecule has 4 rings (SSSR count). The van der Waals surface area contributed by atoms with Crippen molar-refractivity contribution >= 4 is 11.9 Å². The van der Waals surface area contributed by atoms with E-state index in [-0.39, 0.29) is 45.9 Å². The number of aliphatic hydroxyl groups is 3. The van der Waals surface area contributed by atoms with Gasteiger partial charge in [-0.2, -0.15) is 0 Å². The first kappa shape index (κ1) is 39.0. The van der Waals surface area contributed by atoms with Crippen molar-refractivity contribution in [2.24, 2.45) is 45.8 Å². The van der Waals surface area contributed by atoms with Gasteiger partial charge in [0.2, 0.25) is 0 Å². The van der Waals surface area contributed by atoms with Crippen LogP contribution in [0.25, 0.3) is 0 Å². The molecule has 3 aliphatic carbocycles. The lowest BCUT2D eigenvalue weighted by Crippen LogP contribution is -2.64. The van der Waals surface area contributed by atoms with Gasteiger partial charge in [-0.1, -0.05) is 58.9 Å². The molecule has 9 heteroatoms. The van der Waals surface area contributed by atoms with E-state index in [0.717, 1.165) is 43.3 Å². The van der Waals surface area contributed by atoms with Gasteiger partial charge in [0.15, 0.2) is 12.4 Å². The van der Waals surface area contributed by atoms with Crippen molar-refractivity contribution in [2.75, 3.05) is 13.7 Å². The van der Waals surface area contributed by atoms with Gasteiger partial charge < -0.3 is 34.3 Å². The minimum absolute atomic E-state index is 0.0702. The van der Waals surface area contributed by atoms with E-state index in [1.807, 2.05) is 6.92 Å². The Labute approximate surface area is 288 Å². The molecule has 0 radical (unpaired) electrons. The van der Waals surface area contributed by atoms with Crippen LogP contribution in [-0.4, -0.2) is 77.3 Å². The monoisotopic (exact) mass is 676 g/mol. The highest BCUT2D eigenvalue weighted by atomic mass is 16.7. The molecule has 0 amide bonds.